The van der Waals surface area contributed by atoms with Crippen LogP contribution in [0.3, 0.4) is 0 Å². The lowest BCUT2D eigenvalue weighted by Crippen LogP contribution is -2.62. The molecule has 0 saturated carbocycles. The summed E-state index contributed by atoms with van der Waals surface area (Å²) in [7, 11) is 1.39. The van der Waals surface area contributed by atoms with Gasteiger partial charge in [-0.25, -0.2) is 4.79 Å². The summed E-state index contributed by atoms with van der Waals surface area (Å²) in [4.78, 5) is 146. The van der Waals surface area contributed by atoms with Crippen molar-refractivity contribution < 1.29 is 72.7 Å². The number of likely N-dealkylation sites (N-methyl/N-ethyl adjacent to an activating group) is 1. The van der Waals surface area contributed by atoms with Gasteiger partial charge in [-0.2, -0.15) is 0 Å². The zero-order valence-electron chi connectivity index (χ0n) is 46.9. The molecule has 0 radical (unpaired) electrons. The number of carbonyl (C=O) groups excluding carboxylic acids is 10. The number of hydrogen-bond acceptors (Lipinski definition) is 15. The lowest BCUT2D eigenvalue weighted by Gasteiger charge is -2.36. The molecule has 5 unspecified atom stereocenters. The number of amides is 7. The van der Waals surface area contributed by atoms with E-state index in [9.17, 15) is 63.3 Å². The van der Waals surface area contributed by atoms with Crippen molar-refractivity contribution in [2.45, 2.75) is 201 Å². The number of nitrogens with zero attached hydrogens (tertiary/aromatic N) is 3. The Morgan fingerprint density at radius 3 is 2.03 bits per heavy atom. The van der Waals surface area contributed by atoms with Crippen molar-refractivity contribution in [3.8, 4) is 5.75 Å². The third kappa shape index (κ3) is 16.9. The molecule has 4 rings (SSSR count). The molecule has 3 aliphatic rings. The van der Waals surface area contributed by atoms with Crippen LogP contribution >= 0.6 is 0 Å². The summed E-state index contributed by atoms with van der Waals surface area (Å²) < 4.78 is 11.7. The monoisotopic (exact) mass is 1080 g/mol. The molecule has 430 valence electrons. The third-order valence-electron chi connectivity index (χ3n) is 14.8. The number of cyclic esters (lactones) is 2. The highest BCUT2D eigenvalue weighted by Crippen LogP contribution is 2.26. The number of rotatable bonds is 14. The molecule has 22 heteroatoms. The number of esters is 2. The van der Waals surface area contributed by atoms with E-state index in [-0.39, 0.29) is 62.8 Å². The molecular weight excluding hydrogens is 999 g/mol. The van der Waals surface area contributed by atoms with Crippen molar-refractivity contribution in [1.82, 2.24) is 36.0 Å². The Balaban J connectivity index is 1.85. The molecule has 1 aromatic rings. The summed E-state index contributed by atoms with van der Waals surface area (Å²) in [6.45, 7) is 18.2. The van der Waals surface area contributed by atoms with Gasteiger partial charge < -0.3 is 60.8 Å². The number of aliphatic hydroxyl groups excluding tert-OH is 2. The second-order valence-corrected chi connectivity index (χ2v) is 22.4. The number of carbonyl (C=O) groups is 10. The van der Waals surface area contributed by atoms with E-state index in [1.807, 2.05) is 27.7 Å². The summed E-state index contributed by atoms with van der Waals surface area (Å²) in [6.07, 6.45) is -5.22. The molecule has 0 aromatic heterocycles. The molecule has 0 spiro atoms. The topological polar surface area (TPSA) is 308 Å². The SMILES string of the molecule is CC[C@H](C)C1NC(=O)C(NC(=O)[C@@H](CC(C)C)N(C)C(=O)[C@@H]2CCCN2C(=O)[C@H](C)O)[C@@H](C)OC(=O)C(Cc2ccc(O)cc2)NC(=O)[C@@H]2CCCN2C(=O)C(CC(C)C)NC(=O)[C@@H](C)C(=O)C(C(C)C)OC(=O)C[C@@H]1O. The number of ketones is 1. The summed E-state index contributed by atoms with van der Waals surface area (Å²) in [5.41, 5.74) is 0.462. The summed E-state index contributed by atoms with van der Waals surface area (Å²) in [5, 5.41) is 42.9. The van der Waals surface area contributed by atoms with Crippen molar-refractivity contribution >= 4 is 59.1 Å². The van der Waals surface area contributed by atoms with Gasteiger partial charge in [0.2, 0.25) is 35.4 Å². The van der Waals surface area contributed by atoms with Crippen LogP contribution in [0, 0.1) is 29.6 Å². The largest absolute Gasteiger partial charge is 0.508 e. The first-order valence-electron chi connectivity index (χ1n) is 27.2. The highest BCUT2D eigenvalue weighted by atomic mass is 16.6. The van der Waals surface area contributed by atoms with Crippen LogP contribution in [-0.4, -0.2) is 176 Å². The zero-order chi connectivity index (χ0) is 57.7. The number of hydrogen-bond donors (Lipinski definition) is 7. The van der Waals surface area contributed by atoms with Gasteiger partial charge in [0.25, 0.3) is 5.91 Å². The predicted molar refractivity (Wildman–Crippen MR) is 281 cm³/mol. The Bertz CT molecular complexity index is 2270. The number of phenols is 1. The first-order chi connectivity index (χ1) is 36.1. The fraction of sp³-hybridized carbons (Fsp3) is 0.709. The Labute approximate surface area is 452 Å². The third-order valence-corrected chi connectivity index (χ3v) is 14.8. The van der Waals surface area contributed by atoms with Crippen molar-refractivity contribution in [2.24, 2.45) is 29.6 Å². The van der Waals surface area contributed by atoms with Crippen LogP contribution in [0.15, 0.2) is 24.3 Å². The van der Waals surface area contributed by atoms with Gasteiger partial charge in [0.15, 0.2) is 11.9 Å². The van der Waals surface area contributed by atoms with Gasteiger partial charge in [-0.15, -0.1) is 0 Å². The second kappa shape index (κ2) is 28.5. The Morgan fingerprint density at radius 2 is 1.44 bits per heavy atom. The number of Topliss-reactive ketones (excluding diaryl/α,β-unsaturated/α-hetero) is 1. The maximum atomic E-state index is 14.9. The number of fused-ring (bicyclic) bond motifs is 1. The summed E-state index contributed by atoms with van der Waals surface area (Å²) in [6, 6.07) is -3.30. The fourth-order valence-corrected chi connectivity index (χ4v) is 10.1. The van der Waals surface area contributed by atoms with Gasteiger partial charge in [0.05, 0.1) is 24.5 Å². The average molecular weight is 1080 g/mol. The van der Waals surface area contributed by atoms with E-state index < -0.39 is 150 Å². The molecule has 13 atom stereocenters. The van der Waals surface area contributed by atoms with Crippen LogP contribution in [0.5, 0.6) is 5.75 Å². The molecule has 3 aliphatic heterocycles. The second-order valence-electron chi connectivity index (χ2n) is 22.4. The predicted octanol–water partition coefficient (Wildman–Crippen LogP) is 1.67. The van der Waals surface area contributed by atoms with E-state index in [0.717, 1.165) is 0 Å². The standard InChI is InChI=1S/C55H85N7O15/c1-13-31(8)44-42(65)27-43(66)77-47(30(6)7)46(67)32(9)48(68)56-37(24-28(2)3)53(73)61-22-14-16-39(61)49(69)57-38(26-35-18-20-36(64)21-19-35)55(75)76-34(11)45(51(71)58-44)59-50(70)41(25-29(4)5)60(12)54(74)40-17-15-23-62(40)52(72)33(10)63/h18-21,28-34,37-42,44-45,47,63-65H,13-17,22-27H2,1-12H3,(H,56,68)(H,57,69)(H,58,71)(H,59,70)/t31-,32-,33-,34+,37?,38?,39-,40-,41+,42-,44?,45?,47?/m0/s1. The lowest BCUT2D eigenvalue weighted by molar-refractivity contribution is -0.162. The minimum Gasteiger partial charge on any atom is -0.508 e. The highest BCUT2D eigenvalue weighted by molar-refractivity contribution is 6.05. The van der Waals surface area contributed by atoms with Crippen molar-refractivity contribution in [3.05, 3.63) is 29.8 Å². The molecule has 7 N–H and O–H groups in total. The van der Waals surface area contributed by atoms with Gasteiger partial charge in [-0.1, -0.05) is 73.9 Å². The zero-order valence-corrected chi connectivity index (χ0v) is 46.9. The Kier molecular flexibility index (Phi) is 23.4. The molecule has 22 nitrogen and oxygen atoms in total. The smallest absolute Gasteiger partial charge is 0.329 e. The van der Waals surface area contributed by atoms with Crippen LogP contribution in [0.2, 0.25) is 0 Å². The van der Waals surface area contributed by atoms with Gasteiger partial charge in [0.1, 0.15) is 54.2 Å². The van der Waals surface area contributed by atoms with E-state index in [0.29, 0.717) is 24.8 Å². The Hall–Kier alpha value is -6.16. The first-order valence-corrected chi connectivity index (χ1v) is 27.2. The highest BCUT2D eigenvalue weighted by Gasteiger charge is 2.45. The van der Waals surface area contributed by atoms with Crippen LogP contribution in [0.1, 0.15) is 133 Å². The summed E-state index contributed by atoms with van der Waals surface area (Å²) in [5.74, 6) is -11.2. The molecule has 3 saturated heterocycles. The lowest BCUT2D eigenvalue weighted by atomic mass is 9.91. The maximum Gasteiger partial charge on any atom is 0.329 e. The molecule has 3 fully saturated rings. The van der Waals surface area contributed by atoms with E-state index >= 15 is 0 Å². The maximum absolute atomic E-state index is 14.9. The van der Waals surface area contributed by atoms with Crippen LogP contribution in [0.4, 0.5) is 0 Å². The number of nitrogens with one attached hydrogen (secondary N) is 4. The van der Waals surface area contributed by atoms with E-state index in [1.54, 1.807) is 27.7 Å². The quantitative estimate of drug-likeness (QED) is 0.103. The molecule has 7 amide bonds. The van der Waals surface area contributed by atoms with Crippen molar-refractivity contribution in [1.29, 1.82) is 0 Å². The minimum absolute atomic E-state index is 0.0620. The van der Waals surface area contributed by atoms with E-state index in [2.05, 4.69) is 21.3 Å². The molecule has 0 aliphatic carbocycles. The average Bonchev–Trinajstić information content (AvgIpc) is 4.07. The van der Waals surface area contributed by atoms with E-state index in [1.165, 1.54) is 66.8 Å². The number of aromatic hydroxyl groups is 1. The van der Waals surface area contributed by atoms with Crippen molar-refractivity contribution in [3.63, 3.8) is 0 Å². The van der Waals surface area contributed by atoms with Crippen molar-refractivity contribution in [2.75, 3.05) is 20.1 Å². The van der Waals surface area contributed by atoms with Gasteiger partial charge in [-0.05, 0) is 101 Å². The van der Waals surface area contributed by atoms with Crippen LogP contribution in [0.25, 0.3) is 0 Å². The Morgan fingerprint density at radius 1 is 0.818 bits per heavy atom. The van der Waals surface area contributed by atoms with Gasteiger partial charge in [0, 0.05) is 26.6 Å². The number of ether oxygens (including phenoxy) is 2. The molecule has 0 bridgehead atoms. The van der Waals surface area contributed by atoms with Gasteiger partial charge in [-0.3, -0.25) is 43.2 Å². The van der Waals surface area contributed by atoms with E-state index in [4.69, 9.17) is 9.47 Å². The number of benzene rings is 1. The first kappa shape index (κ1) is 63.4. The molecule has 3 heterocycles. The van der Waals surface area contributed by atoms with Crippen LogP contribution < -0.4 is 21.3 Å². The molecule has 1 aromatic carbocycles. The van der Waals surface area contributed by atoms with Gasteiger partial charge >= 0.3 is 11.9 Å². The molecule has 77 heavy (non-hydrogen) atoms. The molecular formula is C55H85N7O15. The fourth-order valence-electron chi connectivity index (χ4n) is 10.1. The number of phenolic OH excluding ortho intramolecular Hbond substituents is 1. The normalized spacial score (nSPS) is 28.0. The van der Waals surface area contributed by atoms with Crippen LogP contribution in [-0.2, 0) is 63.8 Å². The number of likely N-dealkylation sites (tertiary alicyclic amines) is 1. The summed E-state index contributed by atoms with van der Waals surface area (Å²) >= 11 is 0. The number of aliphatic hydroxyl groups is 2. The minimum atomic E-state index is -1.78.